The molecule has 0 atom stereocenters. The molecule has 3 fully saturated rings. The standard InChI is InChI=1S/3C6H11.C5H3NO5.Sn/c3*1-2-4-6-5-3-1;7-5(8)3-1-2-4(11-3)6(9)10;/h3*1H,2-6H2;1-2H,(H,7,8);/q;;;;+1/p-1. The van der Waals surface area contributed by atoms with Gasteiger partial charge >= 0.3 is 134 Å². The van der Waals surface area contributed by atoms with Crippen LogP contribution in [-0.4, -0.2) is 30.7 Å². The number of carbonyl (C=O) groups excluding carboxylic acids is 1. The van der Waals surface area contributed by atoms with E-state index < -0.39 is 42.3 Å². The minimum Gasteiger partial charge on any atom is -0.542 e. The Kier molecular flexibility index (Phi) is 9.53. The van der Waals surface area contributed by atoms with E-state index in [1.165, 1.54) is 11.8 Å². The number of nitrogens with zero attached hydrogens (tertiary/aromatic N) is 1. The summed E-state index contributed by atoms with van der Waals surface area (Å²) in [6, 6.07) is 1.92. The average molecular weight is 524 g/mol. The molecule has 4 rings (SSSR count). The van der Waals surface area contributed by atoms with Gasteiger partial charge in [-0.1, -0.05) is 0 Å². The van der Waals surface area contributed by atoms with Crippen LogP contribution in [0, 0.1) is 10.1 Å². The van der Waals surface area contributed by atoms with Gasteiger partial charge in [-0.3, -0.25) is 10.1 Å². The van der Waals surface area contributed by atoms with Crippen LogP contribution in [0.25, 0.3) is 0 Å². The summed E-state index contributed by atoms with van der Waals surface area (Å²) in [5.74, 6) is -2.72. The first-order valence-corrected chi connectivity index (χ1v) is 16.8. The van der Waals surface area contributed by atoms with Gasteiger partial charge in [0, 0.05) is 0 Å². The summed E-state index contributed by atoms with van der Waals surface area (Å²) in [5, 5.41) is 19.9. The van der Waals surface area contributed by atoms with E-state index in [4.69, 9.17) is 0 Å². The summed E-state index contributed by atoms with van der Waals surface area (Å²) in [6.45, 7) is 0. The van der Waals surface area contributed by atoms with Crippen LogP contribution in [0.5, 0.6) is 0 Å². The maximum atomic E-state index is 10.0. The maximum Gasteiger partial charge on any atom is 0.433 e. The van der Waals surface area contributed by atoms with Gasteiger partial charge in [-0.2, -0.15) is 0 Å². The normalized spacial score (nSPS) is 21.5. The molecule has 0 aliphatic heterocycles. The van der Waals surface area contributed by atoms with Gasteiger partial charge in [0.05, 0.1) is 6.07 Å². The molecule has 0 aromatic carbocycles. The second-order valence-corrected chi connectivity index (χ2v) is 19.0. The Labute approximate surface area is 186 Å². The smallest absolute Gasteiger partial charge is 0.433 e. The molecule has 3 aliphatic carbocycles. The van der Waals surface area contributed by atoms with Crippen LogP contribution in [0.3, 0.4) is 0 Å². The van der Waals surface area contributed by atoms with E-state index in [1.807, 2.05) is 0 Å². The molecule has 6 nitrogen and oxygen atoms in total. The molecule has 0 N–H and O–H groups in total. The minimum atomic E-state index is -1.57. The number of hydrogen-bond acceptors (Lipinski definition) is 5. The van der Waals surface area contributed by atoms with Gasteiger partial charge in [-0.15, -0.1) is 0 Å². The zero-order chi connectivity index (χ0) is 21.3. The number of carboxylic acids is 1. The number of hydrogen-bond donors (Lipinski definition) is 0. The summed E-state index contributed by atoms with van der Waals surface area (Å²) in [5.41, 5.74) is 0. The first kappa shape index (κ1) is 23.6. The topological polar surface area (TPSA) is 96.4 Å². The third-order valence-corrected chi connectivity index (χ3v) is 20.2. The molecule has 3 saturated carbocycles. The van der Waals surface area contributed by atoms with Crippen molar-refractivity contribution in [3.8, 4) is 0 Å². The molecule has 30 heavy (non-hydrogen) atoms. The Hall–Kier alpha value is -1.05. The van der Waals surface area contributed by atoms with Crippen LogP contribution in [0.1, 0.15) is 107 Å². The first-order valence-electron chi connectivity index (χ1n) is 11.9. The molecule has 1 heterocycles. The van der Waals surface area contributed by atoms with Crippen molar-refractivity contribution < 1.29 is 19.2 Å². The van der Waals surface area contributed by atoms with Gasteiger partial charge in [0.25, 0.3) is 0 Å². The Morgan fingerprint density at radius 1 is 0.800 bits per heavy atom. The Balaban J connectivity index is 0.000000199. The number of aromatic carboxylic acids is 1. The van der Waals surface area contributed by atoms with Crippen LogP contribution in [0.2, 0.25) is 11.8 Å². The summed E-state index contributed by atoms with van der Waals surface area (Å²) in [4.78, 5) is 19.1. The average Bonchev–Trinajstić information content (AvgIpc) is 3.28. The molecule has 0 bridgehead atoms. The molecule has 3 aliphatic rings. The van der Waals surface area contributed by atoms with Crippen molar-refractivity contribution in [3.63, 3.8) is 0 Å². The van der Waals surface area contributed by atoms with Crippen molar-refractivity contribution >= 4 is 31.6 Å². The van der Waals surface area contributed by atoms with Gasteiger partial charge in [0.2, 0.25) is 0 Å². The predicted molar refractivity (Wildman–Crippen MR) is 116 cm³/mol. The van der Waals surface area contributed by atoms with E-state index in [0.29, 0.717) is 0 Å². The van der Waals surface area contributed by atoms with Crippen molar-refractivity contribution in [2.24, 2.45) is 0 Å². The molecule has 166 valence electrons. The van der Waals surface area contributed by atoms with Crippen LogP contribution >= 0.6 is 0 Å². The van der Waals surface area contributed by atoms with Crippen molar-refractivity contribution in [1.29, 1.82) is 0 Å². The number of carbonyl (C=O) groups is 1. The third-order valence-electron chi connectivity index (χ3n) is 7.20. The fourth-order valence-electron chi connectivity index (χ4n) is 5.84. The van der Waals surface area contributed by atoms with Crippen LogP contribution < -0.4 is 5.11 Å². The molecule has 0 spiro atoms. The predicted octanol–water partition coefficient (Wildman–Crippen LogP) is 6.04. The number of furan rings is 1. The maximum absolute atomic E-state index is 10.0. The SMILES string of the molecule is C1CC[CH]([Sn+]([CH]2CCCCC2)[CH]2CCCCC2)CC1.O=C([O-])c1ccc([N+](=O)[O-])o1. The fraction of sp³-hybridized carbons (Fsp3) is 0.783. The Bertz CT molecular complexity index is 602. The Morgan fingerprint density at radius 2 is 1.20 bits per heavy atom. The largest absolute Gasteiger partial charge is 0.542 e. The van der Waals surface area contributed by atoms with Crippen LogP contribution in [-0.2, 0) is 0 Å². The summed E-state index contributed by atoms with van der Waals surface area (Å²) < 4.78 is 8.21. The van der Waals surface area contributed by atoms with Gasteiger partial charge in [-0.25, -0.2) is 0 Å². The van der Waals surface area contributed by atoms with Gasteiger partial charge in [0.15, 0.2) is 5.76 Å². The summed E-state index contributed by atoms with van der Waals surface area (Å²) in [6.07, 6.45) is 24.2. The monoisotopic (exact) mass is 525 g/mol. The number of carboxylic acid groups (broad SMARTS) is 1. The molecular formula is C23H35NO5Sn. The number of rotatable bonds is 5. The molecule has 0 saturated heterocycles. The minimum absolute atomic E-state index is 0.545. The van der Waals surface area contributed by atoms with E-state index in [9.17, 15) is 20.0 Å². The third kappa shape index (κ3) is 6.72. The van der Waals surface area contributed by atoms with Gasteiger partial charge in [-0.05, 0) is 6.07 Å². The second-order valence-electron chi connectivity index (χ2n) is 9.19. The molecular weight excluding hydrogens is 489 g/mol. The van der Waals surface area contributed by atoms with Crippen molar-refractivity contribution in [1.82, 2.24) is 0 Å². The van der Waals surface area contributed by atoms with Crippen LogP contribution in [0.4, 0.5) is 5.88 Å². The number of nitro groups is 1. The van der Waals surface area contributed by atoms with E-state index >= 15 is 0 Å². The van der Waals surface area contributed by atoms with E-state index in [0.717, 1.165) is 12.1 Å². The van der Waals surface area contributed by atoms with E-state index in [-0.39, 0.29) is 0 Å². The van der Waals surface area contributed by atoms with E-state index in [1.54, 1.807) is 96.3 Å². The molecule has 0 unspecified atom stereocenters. The Morgan fingerprint density at radius 3 is 1.47 bits per heavy atom. The molecule has 7 heteroatoms. The summed E-state index contributed by atoms with van der Waals surface area (Å²) >= 11 is -1.15. The zero-order valence-electron chi connectivity index (χ0n) is 18.0. The van der Waals surface area contributed by atoms with Gasteiger partial charge < -0.3 is 14.3 Å². The molecule has 0 radical (unpaired) electrons. The second kappa shape index (κ2) is 12.1. The van der Waals surface area contributed by atoms with Crippen molar-refractivity contribution in [2.45, 2.75) is 108 Å². The summed E-state index contributed by atoms with van der Waals surface area (Å²) in [7, 11) is 0. The van der Waals surface area contributed by atoms with Crippen molar-refractivity contribution in [2.75, 3.05) is 0 Å². The van der Waals surface area contributed by atoms with Gasteiger partial charge in [0.1, 0.15) is 10.9 Å². The fourth-order valence-corrected chi connectivity index (χ4v) is 20.8. The first-order chi connectivity index (χ1) is 14.6. The molecule has 1 aromatic rings. The zero-order valence-corrected chi connectivity index (χ0v) is 20.8. The molecule has 0 amide bonds. The molecule has 1 aromatic heterocycles. The van der Waals surface area contributed by atoms with Crippen molar-refractivity contribution in [3.05, 3.63) is 28.0 Å². The van der Waals surface area contributed by atoms with E-state index in [2.05, 4.69) is 4.42 Å². The quantitative estimate of drug-likeness (QED) is 0.266. The van der Waals surface area contributed by atoms with Crippen LogP contribution in [0.15, 0.2) is 16.5 Å².